The molecule has 0 spiro atoms. The van der Waals surface area contributed by atoms with Gasteiger partial charge < -0.3 is 9.42 Å². The molecule has 0 fully saturated rings. The van der Waals surface area contributed by atoms with Gasteiger partial charge in [-0.1, -0.05) is 6.42 Å². The third kappa shape index (κ3) is 6.02. The van der Waals surface area contributed by atoms with Gasteiger partial charge in [0.25, 0.3) is 0 Å². The number of rotatable bonds is 3. The van der Waals surface area contributed by atoms with Crippen molar-refractivity contribution >= 4 is 15.7 Å². The van der Waals surface area contributed by atoms with Gasteiger partial charge in [0.1, 0.15) is 6.11 Å². The van der Waals surface area contributed by atoms with E-state index < -0.39 is 15.7 Å². The molecule has 0 saturated carbocycles. The van der Waals surface area contributed by atoms with Crippen LogP contribution < -0.4 is 4.86 Å². The van der Waals surface area contributed by atoms with E-state index in [9.17, 15) is 17.5 Å². The molecule has 0 aromatic heterocycles. The Morgan fingerprint density at radius 1 is 1.55 bits per heavy atom. The van der Waals surface area contributed by atoms with Gasteiger partial charge in [0.05, 0.1) is 0 Å². The molecule has 0 rings (SSSR count). The van der Waals surface area contributed by atoms with Gasteiger partial charge in [0, 0.05) is 0 Å². The lowest BCUT2D eigenvalue weighted by Crippen LogP contribution is -2.01. The zero-order chi connectivity index (χ0) is 9.12. The SMILES string of the molecule is C#COP(=O)(F)NP(=O)(O)F. The van der Waals surface area contributed by atoms with Crippen LogP contribution in [0.1, 0.15) is 0 Å². The van der Waals surface area contributed by atoms with Crippen LogP contribution in [0.5, 0.6) is 0 Å². The topological polar surface area (TPSA) is 75.6 Å². The summed E-state index contributed by atoms with van der Waals surface area (Å²) >= 11 is 0. The van der Waals surface area contributed by atoms with E-state index in [0.29, 0.717) is 4.86 Å². The average molecular weight is 205 g/mol. The summed E-state index contributed by atoms with van der Waals surface area (Å²) in [5.41, 5.74) is 0. The van der Waals surface area contributed by atoms with Crippen molar-refractivity contribution in [2.75, 3.05) is 0 Å². The lowest BCUT2D eigenvalue weighted by Gasteiger charge is -2.05. The molecule has 0 aromatic rings. The Labute approximate surface area is 61.0 Å². The highest BCUT2D eigenvalue weighted by Crippen LogP contribution is 2.55. The average Bonchev–Trinajstić information content (AvgIpc) is 1.55. The second-order valence-corrected chi connectivity index (χ2v) is 4.24. The number of nitrogens with one attached hydrogen (secondary N) is 1. The molecule has 64 valence electrons. The molecule has 2 unspecified atom stereocenters. The van der Waals surface area contributed by atoms with Gasteiger partial charge >= 0.3 is 15.7 Å². The maximum atomic E-state index is 12.1. The molecule has 0 aliphatic carbocycles. The van der Waals surface area contributed by atoms with E-state index in [2.05, 4.69) is 10.9 Å². The normalized spacial score (nSPS) is 20.9. The first-order chi connectivity index (χ1) is 4.77. The van der Waals surface area contributed by atoms with Gasteiger partial charge in [-0.3, -0.25) is 0 Å². The van der Waals surface area contributed by atoms with E-state index in [1.807, 2.05) is 0 Å². The molecular formula is C2H3F2NO4P2. The summed E-state index contributed by atoms with van der Waals surface area (Å²) in [5, 5.41) is 0. The second-order valence-electron chi connectivity index (χ2n) is 1.29. The zero-order valence-electron chi connectivity index (χ0n) is 4.90. The summed E-state index contributed by atoms with van der Waals surface area (Å²) in [6.07, 6.45) is 5.45. The highest BCUT2D eigenvalue weighted by Gasteiger charge is 2.33. The maximum absolute atomic E-state index is 12.1. The van der Waals surface area contributed by atoms with Crippen LogP contribution in [-0.2, 0) is 13.7 Å². The van der Waals surface area contributed by atoms with Crippen molar-refractivity contribution in [3.63, 3.8) is 0 Å². The van der Waals surface area contributed by atoms with E-state index in [-0.39, 0.29) is 0 Å². The molecule has 0 heterocycles. The monoisotopic (exact) mass is 205 g/mol. The molecule has 0 amide bonds. The molecule has 2 atom stereocenters. The van der Waals surface area contributed by atoms with Gasteiger partial charge in [-0.2, -0.15) is 0 Å². The van der Waals surface area contributed by atoms with Crippen LogP contribution in [0, 0.1) is 12.5 Å². The van der Waals surface area contributed by atoms with E-state index >= 15 is 0 Å². The third-order valence-corrected chi connectivity index (χ3v) is 2.70. The lowest BCUT2D eigenvalue weighted by molar-refractivity contribution is 0.389. The summed E-state index contributed by atoms with van der Waals surface area (Å²) in [5.74, 6) is 0. The minimum absolute atomic E-state index is 0.565. The summed E-state index contributed by atoms with van der Waals surface area (Å²) < 4.78 is 46.9. The fourth-order valence-corrected chi connectivity index (χ4v) is 1.71. The highest BCUT2D eigenvalue weighted by atomic mass is 31.3. The summed E-state index contributed by atoms with van der Waals surface area (Å²) in [6, 6.07) is 0. The minimum Gasteiger partial charge on any atom is -0.356 e. The van der Waals surface area contributed by atoms with Crippen molar-refractivity contribution in [2.45, 2.75) is 0 Å². The Morgan fingerprint density at radius 2 is 2.00 bits per heavy atom. The number of halogens is 2. The standard InChI is InChI=1S/C2H3F2NO4P2/c1-2-9-11(4,8)5-10(3,6)7/h1H,(H2,5,6,7,8). The van der Waals surface area contributed by atoms with Crippen LogP contribution in [0.4, 0.5) is 8.39 Å². The lowest BCUT2D eigenvalue weighted by atomic mass is 11.3. The van der Waals surface area contributed by atoms with E-state index in [4.69, 9.17) is 4.89 Å². The predicted octanol–water partition coefficient (Wildman–Crippen LogP) is 1.33. The van der Waals surface area contributed by atoms with Gasteiger partial charge in [-0.15, -0.1) is 13.3 Å². The van der Waals surface area contributed by atoms with Crippen molar-refractivity contribution in [3.05, 3.63) is 0 Å². The first kappa shape index (κ1) is 10.6. The fraction of sp³-hybridized carbons (Fsp3) is 0. The van der Waals surface area contributed by atoms with Crippen LogP contribution in [0.2, 0.25) is 0 Å². The molecule has 5 nitrogen and oxygen atoms in total. The van der Waals surface area contributed by atoms with Crippen LogP contribution in [0.3, 0.4) is 0 Å². The van der Waals surface area contributed by atoms with Crippen LogP contribution >= 0.6 is 15.7 Å². The Balaban J connectivity index is 4.29. The smallest absolute Gasteiger partial charge is 0.356 e. The highest BCUT2D eigenvalue weighted by molar-refractivity contribution is 7.66. The number of hydrogen-bond acceptors (Lipinski definition) is 3. The molecule has 0 aromatic carbocycles. The largest absolute Gasteiger partial charge is 0.514 e. The minimum atomic E-state index is -5.43. The third-order valence-electron chi connectivity index (χ3n) is 0.413. The van der Waals surface area contributed by atoms with E-state index in [0.717, 1.165) is 6.11 Å². The van der Waals surface area contributed by atoms with Crippen molar-refractivity contribution in [1.82, 2.24) is 4.86 Å². The van der Waals surface area contributed by atoms with Gasteiger partial charge in [-0.25, -0.2) is 9.13 Å². The van der Waals surface area contributed by atoms with Crippen LogP contribution in [-0.4, -0.2) is 4.89 Å². The van der Waals surface area contributed by atoms with Crippen LogP contribution in [0.25, 0.3) is 0 Å². The molecule has 9 heteroatoms. The molecular weight excluding hydrogens is 202 g/mol. The van der Waals surface area contributed by atoms with Gasteiger partial charge in [0.2, 0.25) is 0 Å². The Morgan fingerprint density at radius 3 is 2.27 bits per heavy atom. The Hall–Kier alpha value is -0.400. The molecule has 2 N–H and O–H groups in total. The number of hydrogen-bond donors (Lipinski definition) is 2. The molecule has 0 aliphatic rings. The fourth-order valence-electron chi connectivity index (χ4n) is 0.236. The second kappa shape index (κ2) is 3.33. The molecule has 0 aliphatic heterocycles. The van der Waals surface area contributed by atoms with Crippen molar-refractivity contribution in [2.24, 2.45) is 0 Å². The Bertz CT molecular complexity index is 266. The molecule has 0 radical (unpaired) electrons. The first-order valence-electron chi connectivity index (χ1n) is 2.03. The van der Waals surface area contributed by atoms with Crippen molar-refractivity contribution in [1.29, 1.82) is 0 Å². The molecule has 0 saturated heterocycles. The van der Waals surface area contributed by atoms with Gasteiger partial charge in [0.15, 0.2) is 0 Å². The first-order valence-corrected chi connectivity index (χ1v) is 5.09. The zero-order valence-corrected chi connectivity index (χ0v) is 6.69. The summed E-state index contributed by atoms with van der Waals surface area (Å²) in [7, 11) is -10.6. The van der Waals surface area contributed by atoms with E-state index in [1.54, 1.807) is 0 Å². The molecule has 11 heavy (non-hydrogen) atoms. The van der Waals surface area contributed by atoms with Crippen molar-refractivity contribution in [3.8, 4) is 12.5 Å². The maximum Gasteiger partial charge on any atom is 0.514 e. The van der Waals surface area contributed by atoms with E-state index in [1.165, 1.54) is 0 Å². The number of terminal acetylenes is 1. The van der Waals surface area contributed by atoms with Gasteiger partial charge in [-0.05, 0) is 0 Å². The summed E-state index contributed by atoms with van der Waals surface area (Å²) in [6.45, 7) is 0. The molecule has 0 bridgehead atoms. The Kier molecular flexibility index (Phi) is 3.21. The van der Waals surface area contributed by atoms with Crippen molar-refractivity contribution < 1.29 is 26.9 Å². The summed E-state index contributed by atoms with van der Waals surface area (Å²) in [4.78, 5) is 8.36. The van der Waals surface area contributed by atoms with Crippen LogP contribution in [0.15, 0.2) is 0 Å². The quantitative estimate of drug-likeness (QED) is 0.536. The predicted molar refractivity (Wildman–Crippen MR) is 32.7 cm³/mol.